The molecule has 1 aromatic heterocycles. The summed E-state index contributed by atoms with van der Waals surface area (Å²) in [5, 5.41) is 0.274. The van der Waals surface area contributed by atoms with Crippen LogP contribution in [-0.2, 0) is 11.2 Å². The maximum absolute atomic E-state index is 13.6. The standard InChI is InChI=1S/C23H24ClFN4O2/c24-15-8-14(9-16(25)11-15)10-22(30)27-7-1-2-19(13-27)29-21-12-17(26)3-6-20(21)28(23(29)31)18-4-5-18/h3,6,8-9,11-12,18-19H,1-2,4-5,7,10,13,26H2/t19-/m0/s1. The zero-order valence-corrected chi connectivity index (χ0v) is 17.8. The molecule has 162 valence electrons. The zero-order valence-electron chi connectivity index (χ0n) is 17.1. The highest BCUT2D eigenvalue weighted by atomic mass is 35.5. The number of likely N-dealkylation sites (tertiary alicyclic amines) is 1. The second-order valence-electron chi connectivity index (χ2n) is 8.59. The smallest absolute Gasteiger partial charge is 0.329 e. The maximum Gasteiger partial charge on any atom is 0.329 e. The van der Waals surface area contributed by atoms with Gasteiger partial charge in [0.25, 0.3) is 0 Å². The first kappa shape index (κ1) is 20.1. The Kier molecular flexibility index (Phi) is 5.01. The number of hydrogen-bond acceptors (Lipinski definition) is 3. The number of carbonyl (C=O) groups is 1. The van der Waals surface area contributed by atoms with Crippen LogP contribution in [-0.4, -0.2) is 33.0 Å². The minimum absolute atomic E-state index is 0.0284. The van der Waals surface area contributed by atoms with E-state index in [-0.39, 0.29) is 35.1 Å². The van der Waals surface area contributed by atoms with Crippen molar-refractivity contribution in [3.05, 3.63) is 63.3 Å². The van der Waals surface area contributed by atoms with Gasteiger partial charge in [-0.15, -0.1) is 0 Å². The molecule has 2 aliphatic rings. The van der Waals surface area contributed by atoms with Gasteiger partial charge >= 0.3 is 5.69 Å². The summed E-state index contributed by atoms with van der Waals surface area (Å²) in [5.41, 5.74) is 8.89. The molecule has 5 rings (SSSR count). The van der Waals surface area contributed by atoms with E-state index >= 15 is 0 Å². The number of benzene rings is 2. The molecule has 1 saturated carbocycles. The second-order valence-corrected chi connectivity index (χ2v) is 9.03. The van der Waals surface area contributed by atoms with Gasteiger partial charge in [0, 0.05) is 29.8 Å². The molecule has 31 heavy (non-hydrogen) atoms. The van der Waals surface area contributed by atoms with E-state index in [4.69, 9.17) is 17.3 Å². The normalized spacial score (nSPS) is 19.2. The van der Waals surface area contributed by atoms with Crippen molar-refractivity contribution in [3.63, 3.8) is 0 Å². The number of nitrogens with zero attached hydrogens (tertiary/aromatic N) is 3. The van der Waals surface area contributed by atoms with Crippen molar-refractivity contribution in [2.24, 2.45) is 0 Å². The number of nitrogens with two attached hydrogens (primary N) is 1. The van der Waals surface area contributed by atoms with Gasteiger partial charge in [0.1, 0.15) is 5.82 Å². The minimum Gasteiger partial charge on any atom is -0.399 e. The van der Waals surface area contributed by atoms with Gasteiger partial charge in [0.05, 0.1) is 23.5 Å². The molecule has 8 heteroatoms. The first-order valence-electron chi connectivity index (χ1n) is 10.7. The Morgan fingerprint density at radius 2 is 1.84 bits per heavy atom. The van der Waals surface area contributed by atoms with E-state index in [1.807, 2.05) is 27.3 Å². The lowest BCUT2D eigenvalue weighted by Crippen LogP contribution is -2.43. The topological polar surface area (TPSA) is 73.3 Å². The third kappa shape index (κ3) is 3.82. The average molecular weight is 443 g/mol. The largest absolute Gasteiger partial charge is 0.399 e. The molecule has 1 aliphatic carbocycles. The van der Waals surface area contributed by atoms with E-state index in [2.05, 4.69) is 0 Å². The Morgan fingerprint density at radius 3 is 2.58 bits per heavy atom. The number of imidazole rings is 1. The van der Waals surface area contributed by atoms with Crippen LogP contribution < -0.4 is 11.4 Å². The summed E-state index contributed by atoms with van der Waals surface area (Å²) in [6.45, 7) is 1.07. The Hall–Kier alpha value is -2.80. The Labute approximate surface area is 184 Å². The van der Waals surface area contributed by atoms with Crippen LogP contribution in [0.1, 0.15) is 43.3 Å². The first-order chi connectivity index (χ1) is 14.9. The highest BCUT2D eigenvalue weighted by Crippen LogP contribution is 2.37. The van der Waals surface area contributed by atoms with Gasteiger partial charge in [-0.1, -0.05) is 11.6 Å². The van der Waals surface area contributed by atoms with Gasteiger partial charge in [0.15, 0.2) is 0 Å². The number of carbonyl (C=O) groups excluding carboxylic acids is 1. The number of anilines is 1. The summed E-state index contributed by atoms with van der Waals surface area (Å²) in [6, 6.07) is 9.89. The molecule has 0 bridgehead atoms. The second kappa shape index (κ2) is 7.71. The SMILES string of the molecule is Nc1ccc2c(c1)n([C@H]1CCCN(C(=O)Cc3cc(F)cc(Cl)c3)C1)c(=O)n2C1CC1. The quantitative estimate of drug-likeness (QED) is 0.622. The Balaban J connectivity index is 1.44. The molecule has 2 fully saturated rings. The molecule has 1 aliphatic heterocycles. The molecule has 6 nitrogen and oxygen atoms in total. The molecule has 1 saturated heterocycles. The number of piperidine rings is 1. The van der Waals surface area contributed by atoms with Crippen molar-refractivity contribution in [2.45, 2.75) is 44.2 Å². The molecule has 0 spiro atoms. The number of amides is 1. The van der Waals surface area contributed by atoms with E-state index in [1.165, 1.54) is 12.1 Å². The third-order valence-corrected chi connectivity index (χ3v) is 6.45. The number of nitrogen functional groups attached to an aromatic ring is 1. The zero-order chi connectivity index (χ0) is 21.7. The molecular weight excluding hydrogens is 419 g/mol. The van der Waals surface area contributed by atoms with Gasteiger partial charge in [-0.05, 0) is 67.6 Å². The lowest BCUT2D eigenvalue weighted by Gasteiger charge is -2.33. The predicted octanol–water partition coefficient (Wildman–Crippen LogP) is 3.92. The molecule has 0 unspecified atom stereocenters. The highest BCUT2D eigenvalue weighted by molar-refractivity contribution is 6.30. The molecule has 2 heterocycles. The monoisotopic (exact) mass is 442 g/mol. The summed E-state index contributed by atoms with van der Waals surface area (Å²) < 4.78 is 17.3. The van der Waals surface area contributed by atoms with Crippen LogP contribution in [0, 0.1) is 5.82 Å². The lowest BCUT2D eigenvalue weighted by molar-refractivity contribution is -0.132. The first-order valence-corrected chi connectivity index (χ1v) is 11.0. The minimum atomic E-state index is -0.455. The number of rotatable bonds is 4. The Morgan fingerprint density at radius 1 is 1.06 bits per heavy atom. The number of fused-ring (bicyclic) bond motifs is 1. The molecule has 1 amide bonds. The van der Waals surface area contributed by atoms with Crippen LogP contribution in [0.25, 0.3) is 11.0 Å². The van der Waals surface area contributed by atoms with Crippen molar-refractivity contribution < 1.29 is 9.18 Å². The van der Waals surface area contributed by atoms with Crippen molar-refractivity contribution in [3.8, 4) is 0 Å². The summed E-state index contributed by atoms with van der Waals surface area (Å²) in [5.74, 6) is -0.547. The summed E-state index contributed by atoms with van der Waals surface area (Å²) in [4.78, 5) is 28.1. The maximum atomic E-state index is 13.6. The fraction of sp³-hybridized carbons (Fsp3) is 0.391. The van der Waals surface area contributed by atoms with E-state index in [0.717, 1.165) is 36.7 Å². The fourth-order valence-electron chi connectivity index (χ4n) is 4.69. The van der Waals surface area contributed by atoms with Gasteiger partial charge < -0.3 is 10.6 Å². The number of halogens is 2. The van der Waals surface area contributed by atoms with Crippen molar-refractivity contribution >= 4 is 34.2 Å². The molecule has 2 N–H and O–H groups in total. The molecule has 2 aromatic carbocycles. The average Bonchev–Trinajstić information content (AvgIpc) is 3.50. The van der Waals surface area contributed by atoms with Gasteiger partial charge in [0.2, 0.25) is 5.91 Å². The van der Waals surface area contributed by atoms with Gasteiger partial charge in [-0.3, -0.25) is 13.9 Å². The Bertz CT molecular complexity index is 1210. The van der Waals surface area contributed by atoms with Crippen LogP contribution in [0.15, 0.2) is 41.2 Å². The van der Waals surface area contributed by atoms with Gasteiger partial charge in [-0.25, -0.2) is 9.18 Å². The number of aromatic nitrogens is 2. The predicted molar refractivity (Wildman–Crippen MR) is 119 cm³/mol. The fourth-order valence-corrected chi connectivity index (χ4v) is 4.93. The highest BCUT2D eigenvalue weighted by Gasteiger charge is 2.32. The van der Waals surface area contributed by atoms with Crippen LogP contribution in [0.2, 0.25) is 5.02 Å². The molecule has 0 radical (unpaired) electrons. The molecular formula is C23H24ClFN4O2. The van der Waals surface area contributed by atoms with E-state index in [0.29, 0.717) is 24.3 Å². The van der Waals surface area contributed by atoms with Gasteiger partial charge in [-0.2, -0.15) is 0 Å². The molecule has 3 aromatic rings. The summed E-state index contributed by atoms with van der Waals surface area (Å²) in [7, 11) is 0. The molecule has 1 atom stereocenters. The summed E-state index contributed by atoms with van der Waals surface area (Å²) >= 11 is 5.93. The van der Waals surface area contributed by atoms with Crippen molar-refractivity contribution in [1.29, 1.82) is 0 Å². The lowest BCUT2D eigenvalue weighted by atomic mass is 10.0. The summed E-state index contributed by atoms with van der Waals surface area (Å²) in [6.07, 6.45) is 3.71. The third-order valence-electron chi connectivity index (χ3n) is 6.23. The van der Waals surface area contributed by atoms with Crippen LogP contribution in [0.4, 0.5) is 10.1 Å². The van der Waals surface area contributed by atoms with Crippen LogP contribution >= 0.6 is 11.6 Å². The van der Waals surface area contributed by atoms with E-state index in [9.17, 15) is 14.0 Å². The van der Waals surface area contributed by atoms with E-state index in [1.54, 1.807) is 11.0 Å². The van der Waals surface area contributed by atoms with Crippen molar-refractivity contribution in [1.82, 2.24) is 14.0 Å². The van der Waals surface area contributed by atoms with Crippen LogP contribution in [0.3, 0.4) is 0 Å². The van der Waals surface area contributed by atoms with E-state index < -0.39 is 5.82 Å². The van der Waals surface area contributed by atoms with Crippen molar-refractivity contribution in [2.75, 3.05) is 18.8 Å². The van der Waals surface area contributed by atoms with Crippen LogP contribution in [0.5, 0.6) is 0 Å². The number of hydrogen-bond donors (Lipinski definition) is 1.